The molecule has 2 rings (SSSR count). The van der Waals surface area contributed by atoms with Crippen molar-refractivity contribution in [2.24, 2.45) is 0 Å². The van der Waals surface area contributed by atoms with Crippen LogP contribution in [0.15, 0.2) is 22.8 Å². The van der Waals surface area contributed by atoms with Crippen molar-refractivity contribution in [3.05, 3.63) is 24.2 Å². The maximum atomic E-state index is 11.6. The fourth-order valence-corrected chi connectivity index (χ4v) is 1.53. The van der Waals surface area contributed by atoms with E-state index in [1.54, 1.807) is 12.1 Å². The number of rotatable bonds is 7. The van der Waals surface area contributed by atoms with Crippen LogP contribution in [0.5, 0.6) is 6.01 Å². The summed E-state index contributed by atoms with van der Waals surface area (Å²) in [6, 6.07) is 3.35. The zero-order valence-corrected chi connectivity index (χ0v) is 11.4. The van der Waals surface area contributed by atoms with Crippen molar-refractivity contribution >= 4 is 17.8 Å². The first kappa shape index (κ1) is 14.6. The van der Waals surface area contributed by atoms with E-state index in [2.05, 4.69) is 25.8 Å². The summed E-state index contributed by atoms with van der Waals surface area (Å²) < 4.78 is 9.72. The highest BCUT2D eigenvalue weighted by molar-refractivity contribution is 5.91. The molecule has 0 radical (unpaired) electrons. The quantitative estimate of drug-likeness (QED) is 0.641. The highest BCUT2D eigenvalue weighted by Crippen LogP contribution is 2.05. The number of anilines is 1. The summed E-state index contributed by atoms with van der Waals surface area (Å²) in [7, 11) is 1.43. The number of nitrogens with one attached hydrogen (secondary N) is 3. The molecule has 0 unspecified atom stereocenters. The molecule has 112 valence electrons. The van der Waals surface area contributed by atoms with Crippen LogP contribution in [0.2, 0.25) is 0 Å². The fourth-order valence-electron chi connectivity index (χ4n) is 1.53. The van der Waals surface area contributed by atoms with Gasteiger partial charge in [0.25, 0.3) is 5.91 Å². The molecule has 0 aliphatic carbocycles. The van der Waals surface area contributed by atoms with Crippen molar-refractivity contribution in [1.29, 1.82) is 0 Å². The summed E-state index contributed by atoms with van der Waals surface area (Å²) in [5.41, 5.74) is 0. The van der Waals surface area contributed by atoms with Crippen LogP contribution in [0, 0.1) is 0 Å². The lowest BCUT2D eigenvalue weighted by molar-refractivity contribution is -0.116. The van der Waals surface area contributed by atoms with Crippen LogP contribution in [0.3, 0.4) is 0 Å². The average Bonchev–Trinajstić information content (AvgIpc) is 3.14. The lowest BCUT2D eigenvalue weighted by Gasteiger charge is -2.03. The Balaban J connectivity index is 1.64. The van der Waals surface area contributed by atoms with Crippen molar-refractivity contribution in [3.8, 4) is 6.01 Å². The Kier molecular flexibility index (Phi) is 4.91. The van der Waals surface area contributed by atoms with Gasteiger partial charge in [0.15, 0.2) is 5.76 Å². The maximum absolute atomic E-state index is 11.6. The zero-order chi connectivity index (χ0) is 15.1. The number of carbonyl (C=O) groups is 2. The molecule has 0 aromatic carbocycles. The number of amides is 2. The monoisotopic (exact) mass is 293 g/mol. The Morgan fingerprint density at radius 1 is 1.48 bits per heavy atom. The Morgan fingerprint density at radius 3 is 3.00 bits per heavy atom. The molecule has 0 fully saturated rings. The van der Waals surface area contributed by atoms with Gasteiger partial charge in [-0.3, -0.25) is 14.9 Å². The minimum absolute atomic E-state index is 0.149. The number of aromatic amines is 1. The predicted molar refractivity (Wildman–Crippen MR) is 71.8 cm³/mol. The Labute approximate surface area is 120 Å². The van der Waals surface area contributed by atoms with E-state index in [-0.39, 0.29) is 36.0 Å². The lowest BCUT2D eigenvalue weighted by atomic mass is 10.3. The van der Waals surface area contributed by atoms with Crippen LogP contribution >= 0.6 is 0 Å². The highest BCUT2D eigenvalue weighted by atomic mass is 16.5. The van der Waals surface area contributed by atoms with E-state index < -0.39 is 0 Å². The second-order valence-corrected chi connectivity index (χ2v) is 4.06. The number of hydrogen-bond acceptors (Lipinski definition) is 6. The molecule has 0 aliphatic rings. The molecule has 0 spiro atoms. The van der Waals surface area contributed by atoms with Crippen LogP contribution < -0.4 is 15.4 Å². The number of carbonyl (C=O) groups excluding carboxylic acids is 2. The Bertz CT molecular complexity index is 593. The summed E-state index contributed by atoms with van der Waals surface area (Å²) in [4.78, 5) is 27.0. The first-order chi connectivity index (χ1) is 10.2. The van der Waals surface area contributed by atoms with Crippen molar-refractivity contribution < 1.29 is 18.7 Å². The first-order valence-electron chi connectivity index (χ1n) is 6.27. The smallest absolute Gasteiger partial charge is 0.336 e. The van der Waals surface area contributed by atoms with Gasteiger partial charge in [0.05, 0.1) is 13.4 Å². The van der Waals surface area contributed by atoms with Gasteiger partial charge in [0.2, 0.25) is 11.9 Å². The molecule has 9 heteroatoms. The molecule has 2 aromatic heterocycles. The van der Waals surface area contributed by atoms with Crippen LogP contribution in [0.4, 0.5) is 5.95 Å². The van der Waals surface area contributed by atoms with E-state index in [1.165, 1.54) is 13.4 Å². The number of nitrogens with zero attached hydrogens (tertiary/aromatic N) is 2. The van der Waals surface area contributed by atoms with Gasteiger partial charge in [-0.05, 0) is 18.6 Å². The third-order valence-electron chi connectivity index (χ3n) is 2.52. The molecule has 3 N–H and O–H groups in total. The molecular formula is C12H15N5O4. The summed E-state index contributed by atoms with van der Waals surface area (Å²) in [5, 5.41) is 11.4. The molecule has 0 bridgehead atoms. The average molecular weight is 293 g/mol. The number of methoxy groups -OCH3 is 1. The molecule has 0 atom stereocenters. The molecule has 0 saturated carbocycles. The second-order valence-electron chi connectivity index (χ2n) is 4.06. The van der Waals surface area contributed by atoms with Gasteiger partial charge in [-0.15, -0.1) is 5.10 Å². The molecule has 21 heavy (non-hydrogen) atoms. The number of ether oxygens (including phenoxy) is 1. The van der Waals surface area contributed by atoms with E-state index in [0.717, 1.165) is 0 Å². The van der Waals surface area contributed by atoms with E-state index >= 15 is 0 Å². The molecule has 2 amide bonds. The Morgan fingerprint density at radius 2 is 2.33 bits per heavy atom. The van der Waals surface area contributed by atoms with E-state index in [4.69, 9.17) is 9.15 Å². The SMILES string of the molecule is COc1n[nH]c(NC(=O)CCCNC(=O)c2ccco2)n1. The summed E-state index contributed by atoms with van der Waals surface area (Å²) in [5.74, 6) is -0.0777. The molecule has 0 saturated heterocycles. The molecule has 2 aromatic rings. The number of hydrogen-bond donors (Lipinski definition) is 3. The second kappa shape index (κ2) is 7.08. The predicted octanol–water partition coefficient (Wildman–Crippen LogP) is 0.555. The molecule has 0 aliphatic heterocycles. The third-order valence-corrected chi connectivity index (χ3v) is 2.52. The highest BCUT2D eigenvalue weighted by Gasteiger charge is 2.09. The fraction of sp³-hybridized carbons (Fsp3) is 0.333. The minimum atomic E-state index is -0.305. The first-order valence-corrected chi connectivity index (χ1v) is 6.27. The van der Waals surface area contributed by atoms with Gasteiger partial charge >= 0.3 is 6.01 Å². The minimum Gasteiger partial charge on any atom is -0.466 e. The number of furan rings is 1. The van der Waals surface area contributed by atoms with Crippen LogP contribution in [0.1, 0.15) is 23.4 Å². The molecule has 9 nitrogen and oxygen atoms in total. The van der Waals surface area contributed by atoms with Crippen molar-refractivity contribution in [3.63, 3.8) is 0 Å². The van der Waals surface area contributed by atoms with E-state index in [0.29, 0.717) is 13.0 Å². The maximum Gasteiger partial charge on any atom is 0.336 e. The lowest BCUT2D eigenvalue weighted by Crippen LogP contribution is -2.25. The van der Waals surface area contributed by atoms with Gasteiger partial charge in [-0.2, -0.15) is 4.98 Å². The number of aromatic nitrogens is 3. The van der Waals surface area contributed by atoms with E-state index in [9.17, 15) is 9.59 Å². The number of H-pyrrole nitrogens is 1. The van der Waals surface area contributed by atoms with Gasteiger partial charge in [0, 0.05) is 13.0 Å². The Hall–Kier alpha value is -2.84. The van der Waals surface area contributed by atoms with Crippen LogP contribution in [-0.4, -0.2) is 40.7 Å². The summed E-state index contributed by atoms with van der Waals surface area (Å²) >= 11 is 0. The van der Waals surface area contributed by atoms with Crippen LogP contribution in [-0.2, 0) is 4.79 Å². The zero-order valence-electron chi connectivity index (χ0n) is 11.4. The standard InChI is InChI=1S/C12H15N5O4/c1-20-12-15-11(16-17-12)14-9(18)5-2-6-13-10(19)8-4-3-7-21-8/h3-4,7H,2,5-6H2,1H3,(H,13,19)(H2,14,15,16,17,18). The molecule has 2 heterocycles. The molecular weight excluding hydrogens is 278 g/mol. The van der Waals surface area contributed by atoms with E-state index in [1.807, 2.05) is 0 Å². The van der Waals surface area contributed by atoms with Crippen molar-refractivity contribution in [1.82, 2.24) is 20.5 Å². The van der Waals surface area contributed by atoms with Gasteiger partial charge in [0.1, 0.15) is 0 Å². The van der Waals surface area contributed by atoms with Crippen molar-refractivity contribution in [2.75, 3.05) is 19.0 Å². The van der Waals surface area contributed by atoms with Crippen LogP contribution in [0.25, 0.3) is 0 Å². The normalized spacial score (nSPS) is 10.1. The summed E-state index contributed by atoms with van der Waals surface area (Å²) in [6.07, 6.45) is 2.15. The van der Waals surface area contributed by atoms with Crippen molar-refractivity contribution in [2.45, 2.75) is 12.8 Å². The van der Waals surface area contributed by atoms with Gasteiger partial charge < -0.3 is 14.5 Å². The van der Waals surface area contributed by atoms with Gasteiger partial charge in [-0.1, -0.05) is 0 Å². The summed E-state index contributed by atoms with van der Waals surface area (Å²) in [6.45, 7) is 0.368. The third kappa shape index (κ3) is 4.34. The largest absolute Gasteiger partial charge is 0.466 e. The van der Waals surface area contributed by atoms with Gasteiger partial charge in [-0.25, -0.2) is 5.10 Å². The topological polar surface area (TPSA) is 122 Å².